The van der Waals surface area contributed by atoms with Crippen LogP contribution >= 0.6 is 0 Å². The highest BCUT2D eigenvalue weighted by Crippen LogP contribution is 2.14. The number of guanidine groups is 1. The van der Waals surface area contributed by atoms with Gasteiger partial charge in [-0.05, 0) is 32.4 Å². The highest BCUT2D eigenvalue weighted by molar-refractivity contribution is 5.89. The molecule has 2 aromatic rings. The fraction of sp³-hybridized carbons (Fsp3) is 0.214. The number of hydrogen-bond acceptors (Lipinski definition) is 2. The molecular formula is C14H18N5O+. The van der Waals surface area contributed by atoms with E-state index in [0.717, 1.165) is 11.3 Å². The third-order valence-corrected chi connectivity index (χ3v) is 2.77. The van der Waals surface area contributed by atoms with E-state index < -0.39 is 0 Å². The number of aromatic amines is 1. The van der Waals surface area contributed by atoms with Crippen LogP contribution < -0.4 is 21.6 Å². The van der Waals surface area contributed by atoms with Crippen LogP contribution in [0.5, 0.6) is 0 Å². The Labute approximate surface area is 116 Å². The lowest BCUT2D eigenvalue weighted by Crippen LogP contribution is -2.73. The second kappa shape index (κ2) is 5.56. The van der Waals surface area contributed by atoms with Crippen molar-refractivity contribution < 1.29 is 4.99 Å². The van der Waals surface area contributed by atoms with Crippen LogP contribution in [0, 0.1) is 20.8 Å². The lowest BCUT2D eigenvalue weighted by Gasteiger charge is -2.06. The Morgan fingerprint density at radius 1 is 1.30 bits per heavy atom. The van der Waals surface area contributed by atoms with Gasteiger partial charge >= 0.3 is 5.95 Å². The lowest BCUT2D eigenvalue weighted by atomic mass is 10.1. The van der Waals surface area contributed by atoms with Gasteiger partial charge in [0.1, 0.15) is 0 Å². The lowest BCUT2D eigenvalue weighted by molar-refractivity contribution is -0.365. The molecule has 104 valence electrons. The van der Waals surface area contributed by atoms with Gasteiger partial charge in [0.2, 0.25) is 0 Å². The maximum atomic E-state index is 11.3. The van der Waals surface area contributed by atoms with Crippen LogP contribution in [-0.2, 0) is 0 Å². The van der Waals surface area contributed by atoms with Gasteiger partial charge in [0, 0.05) is 6.07 Å². The molecule has 0 aliphatic carbocycles. The van der Waals surface area contributed by atoms with E-state index in [2.05, 4.69) is 26.3 Å². The molecule has 0 atom stereocenters. The molecule has 0 unspecified atom stereocenters. The Morgan fingerprint density at radius 3 is 2.70 bits per heavy atom. The number of nitrogens with zero attached hydrogens (tertiary/aromatic N) is 1. The number of aryl methyl sites for hydroxylation is 3. The van der Waals surface area contributed by atoms with E-state index in [1.807, 2.05) is 26.0 Å². The number of H-pyrrole nitrogens is 1. The molecular weight excluding hydrogens is 254 g/mol. The Hall–Kier alpha value is -2.63. The summed E-state index contributed by atoms with van der Waals surface area (Å²) in [6.07, 6.45) is 0. The van der Waals surface area contributed by atoms with Crippen molar-refractivity contribution in [3.05, 3.63) is 51.4 Å². The molecule has 20 heavy (non-hydrogen) atoms. The van der Waals surface area contributed by atoms with Crippen molar-refractivity contribution in [2.75, 3.05) is 5.32 Å². The van der Waals surface area contributed by atoms with Crippen LogP contribution in [0.25, 0.3) is 0 Å². The molecule has 1 aromatic heterocycles. The highest BCUT2D eigenvalue weighted by atomic mass is 16.1. The zero-order valence-corrected chi connectivity index (χ0v) is 11.7. The number of anilines is 1. The highest BCUT2D eigenvalue weighted by Gasteiger charge is 2.05. The summed E-state index contributed by atoms with van der Waals surface area (Å²) in [7, 11) is 0. The van der Waals surface area contributed by atoms with Crippen LogP contribution in [0.3, 0.4) is 0 Å². The normalized spacial score (nSPS) is 11.4. The molecule has 0 aliphatic rings. The van der Waals surface area contributed by atoms with Crippen LogP contribution in [0.4, 0.5) is 11.6 Å². The largest absolute Gasteiger partial charge is 0.325 e. The Morgan fingerprint density at radius 2 is 2.05 bits per heavy atom. The average molecular weight is 272 g/mol. The van der Waals surface area contributed by atoms with Gasteiger partial charge in [-0.3, -0.25) is 10.1 Å². The molecule has 1 aromatic carbocycles. The van der Waals surface area contributed by atoms with Gasteiger partial charge in [-0.15, -0.1) is 4.98 Å². The minimum absolute atomic E-state index is 0.223. The summed E-state index contributed by atoms with van der Waals surface area (Å²) >= 11 is 0. The van der Waals surface area contributed by atoms with Gasteiger partial charge in [0.25, 0.3) is 11.5 Å². The second-order valence-electron chi connectivity index (χ2n) is 4.72. The molecule has 2 rings (SSSR count). The number of aromatic nitrogens is 2. The Balaban J connectivity index is 2.24. The molecule has 0 saturated carbocycles. The monoisotopic (exact) mass is 272 g/mol. The van der Waals surface area contributed by atoms with Crippen molar-refractivity contribution in [3.8, 4) is 0 Å². The SMILES string of the molecule is Cc1ccc(NC(N)=[NH+]c2nc(C)cc(=O)[nH]2)c(C)c1. The van der Waals surface area contributed by atoms with E-state index in [-0.39, 0.29) is 5.56 Å². The molecule has 0 spiro atoms. The van der Waals surface area contributed by atoms with Crippen molar-refractivity contribution >= 4 is 17.6 Å². The summed E-state index contributed by atoms with van der Waals surface area (Å²) in [6.45, 7) is 5.77. The first-order chi connectivity index (χ1) is 9.44. The zero-order chi connectivity index (χ0) is 14.7. The summed E-state index contributed by atoms with van der Waals surface area (Å²) in [5.41, 5.74) is 9.44. The van der Waals surface area contributed by atoms with E-state index >= 15 is 0 Å². The van der Waals surface area contributed by atoms with Crippen molar-refractivity contribution in [1.82, 2.24) is 9.97 Å². The zero-order valence-electron chi connectivity index (χ0n) is 11.7. The van der Waals surface area contributed by atoms with Crippen molar-refractivity contribution in [2.24, 2.45) is 5.73 Å². The minimum Gasteiger partial charge on any atom is -0.322 e. The molecule has 5 N–H and O–H groups in total. The Kier molecular flexibility index (Phi) is 3.84. The molecule has 6 nitrogen and oxygen atoms in total. The van der Waals surface area contributed by atoms with Gasteiger partial charge in [-0.2, -0.15) is 0 Å². The molecule has 1 heterocycles. The maximum Gasteiger partial charge on any atom is 0.325 e. The number of nitrogens with two attached hydrogens (primary N) is 1. The molecule has 0 radical (unpaired) electrons. The number of benzene rings is 1. The van der Waals surface area contributed by atoms with Crippen LogP contribution in [0.1, 0.15) is 16.8 Å². The van der Waals surface area contributed by atoms with Crippen molar-refractivity contribution in [1.29, 1.82) is 0 Å². The van der Waals surface area contributed by atoms with E-state index in [9.17, 15) is 4.79 Å². The molecule has 0 bridgehead atoms. The first-order valence-corrected chi connectivity index (χ1v) is 6.26. The van der Waals surface area contributed by atoms with E-state index in [1.54, 1.807) is 6.92 Å². The fourth-order valence-corrected chi connectivity index (χ4v) is 1.90. The van der Waals surface area contributed by atoms with Gasteiger partial charge in [0.15, 0.2) is 0 Å². The molecule has 0 saturated heterocycles. The van der Waals surface area contributed by atoms with Gasteiger partial charge in [-0.25, -0.2) is 9.98 Å². The van der Waals surface area contributed by atoms with Gasteiger partial charge in [0.05, 0.1) is 11.4 Å². The standard InChI is InChI=1S/C14H17N5O/c1-8-4-5-11(9(2)6-8)17-13(15)19-14-16-10(3)7-12(20)18-14/h4-7H,1-3H3,(H4,15,16,17,18,19,20)/p+1. The summed E-state index contributed by atoms with van der Waals surface area (Å²) in [5.74, 6) is 0.607. The molecule has 6 heteroatoms. The van der Waals surface area contributed by atoms with E-state index in [0.29, 0.717) is 17.6 Å². The number of rotatable bonds is 2. The second-order valence-corrected chi connectivity index (χ2v) is 4.72. The van der Waals surface area contributed by atoms with Gasteiger partial charge < -0.3 is 5.73 Å². The summed E-state index contributed by atoms with van der Waals surface area (Å²) in [5, 5.41) is 3.05. The first kappa shape index (κ1) is 13.8. The third kappa shape index (κ3) is 3.44. The Bertz CT molecular complexity index is 718. The third-order valence-electron chi connectivity index (χ3n) is 2.77. The topological polar surface area (TPSA) is 97.8 Å². The maximum absolute atomic E-state index is 11.3. The fourth-order valence-electron chi connectivity index (χ4n) is 1.90. The van der Waals surface area contributed by atoms with Crippen LogP contribution in [0.15, 0.2) is 29.1 Å². The molecule has 0 amide bonds. The minimum atomic E-state index is -0.223. The van der Waals surface area contributed by atoms with E-state index in [4.69, 9.17) is 5.73 Å². The summed E-state index contributed by atoms with van der Waals surface area (Å²) < 4.78 is 0. The molecule has 0 fully saturated rings. The predicted octanol–water partition coefficient (Wildman–Crippen LogP) is -0.166. The van der Waals surface area contributed by atoms with Crippen molar-refractivity contribution in [2.45, 2.75) is 20.8 Å². The quantitative estimate of drug-likeness (QED) is 0.451. The van der Waals surface area contributed by atoms with Gasteiger partial charge in [-0.1, -0.05) is 17.7 Å². The van der Waals surface area contributed by atoms with E-state index in [1.165, 1.54) is 11.6 Å². The van der Waals surface area contributed by atoms with Crippen molar-refractivity contribution in [3.63, 3.8) is 0 Å². The predicted molar refractivity (Wildman–Crippen MR) is 79.0 cm³/mol. The summed E-state index contributed by atoms with van der Waals surface area (Å²) in [6, 6.07) is 7.42. The number of hydrogen-bond donors (Lipinski definition) is 4. The number of nitrogens with one attached hydrogen (secondary N) is 3. The van der Waals surface area contributed by atoms with Crippen LogP contribution in [0.2, 0.25) is 0 Å². The smallest absolute Gasteiger partial charge is 0.322 e. The first-order valence-electron chi connectivity index (χ1n) is 6.26. The molecule has 0 aliphatic heterocycles. The van der Waals surface area contributed by atoms with Crippen LogP contribution in [-0.4, -0.2) is 15.9 Å². The average Bonchev–Trinajstić information content (AvgIpc) is 2.31. The summed E-state index contributed by atoms with van der Waals surface area (Å²) in [4.78, 5) is 20.9.